The summed E-state index contributed by atoms with van der Waals surface area (Å²) >= 11 is 3.37. The van der Waals surface area contributed by atoms with Crippen LogP contribution in [0, 0.1) is 0 Å². The van der Waals surface area contributed by atoms with E-state index in [1.54, 1.807) is 0 Å². The molecule has 2 aliphatic heterocycles. The van der Waals surface area contributed by atoms with Crippen molar-refractivity contribution < 1.29 is 42.1 Å². The number of halogens is 4. The molecule has 0 radical (unpaired) electrons. The van der Waals surface area contributed by atoms with Crippen molar-refractivity contribution in [2.75, 3.05) is 62.7 Å². The van der Waals surface area contributed by atoms with Crippen LogP contribution in [-0.2, 0) is 31.1 Å². The molecule has 0 saturated carbocycles. The first-order valence-corrected chi connectivity index (χ1v) is 15.2. The van der Waals surface area contributed by atoms with Crippen molar-refractivity contribution in [1.29, 1.82) is 0 Å². The number of nitrogens with zero attached hydrogens (tertiary/aromatic N) is 3. The topological polar surface area (TPSA) is 99.6 Å². The number of hydrogen-bond acceptors (Lipinski definition) is 9. The number of hydrogen-bond donors (Lipinski definition) is 1. The standard InChI is InChI=1S/C31H35BrF3N3O6/c1-30(2)24-5-3-4-6-25(24)38(12-14-43-13-9-32)31(30)8-7-21-15-23(39)16-22(29(21)44-31)17-36(18-26(33)40)10-11-37(19-27(34)41)20-28(35)42/h3-8,15-16,39H,9-14,17-20H2,1-2H3. The zero-order valence-corrected chi connectivity index (χ0v) is 26.1. The number of rotatable bonds is 16. The predicted octanol–water partition coefficient (Wildman–Crippen LogP) is 4.30. The van der Waals surface area contributed by atoms with Crippen LogP contribution >= 0.6 is 15.9 Å². The normalized spacial score (nSPS) is 18.0. The van der Waals surface area contributed by atoms with Crippen LogP contribution in [0.4, 0.5) is 18.9 Å². The summed E-state index contributed by atoms with van der Waals surface area (Å²) in [6, 6.07) is 5.77. The summed E-state index contributed by atoms with van der Waals surface area (Å²) in [6.45, 7) is 2.81. The van der Waals surface area contributed by atoms with Crippen molar-refractivity contribution in [3.8, 4) is 11.5 Å². The summed E-state index contributed by atoms with van der Waals surface area (Å²) in [5.74, 6) is 0.319. The molecular weight excluding hydrogens is 647 g/mol. The molecule has 0 aromatic heterocycles. The van der Waals surface area contributed by atoms with Gasteiger partial charge in [0.25, 0.3) is 0 Å². The average molecular weight is 683 g/mol. The number of aromatic hydroxyl groups is 1. The van der Waals surface area contributed by atoms with Gasteiger partial charge in [-0.3, -0.25) is 24.2 Å². The number of fused-ring (bicyclic) bond motifs is 2. The molecule has 1 atom stereocenters. The molecule has 9 nitrogen and oxygen atoms in total. The highest BCUT2D eigenvalue weighted by atomic mass is 79.9. The van der Waals surface area contributed by atoms with Crippen molar-refractivity contribution >= 4 is 45.8 Å². The molecule has 13 heteroatoms. The lowest BCUT2D eigenvalue weighted by molar-refractivity contribution is -0.135. The molecule has 1 N–H and O–H groups in total. The first kappa shape index (κ1) is 33.6. The Morgan fingerprint density at radius 3 is 2.27 bits per heavy atom. The Hall–Kier alpha value is -3.26. The molecule has 44 heavy (non-hydrogen) atoms. The summed E-state index contributed by atoms with van der Waals surface area (Å²) in [4.78, 5) is 37.9. The summed E-state index contributed by atoms with van der Waals surface area (Å²) < 4.78 is 52.5. The van der Waals surface area contributed by atoms with Gasteiger partial charge in [0.15, 0.2) is 0 Å². The van der Waals surface area contributed by atoms with Crippen LogP contribution in [0.15, 0.2) is 42.5 Å². The highest BCUT2D eigenvalue weighted by molar-refractivity contribution is 9.09. The summed E-state index contributed by atoms with van der Waals surface area (Å²) in [5, 5.41) is 11.2. The van der Waals surface area contributed by atoms with Crippen LogP contribution in [0.3, 0.4) is 0 Å². The highest BCUT2D eigenvalue weighted by Crippen LogP contribution is 2.55. The Bertz CT molecular complexity index is 1410. The molecule has 1 unspecified atom stereocenters. The maximum atomic E-state index is 13.7. The number of phenolic OH excluding ortho intramolecular Hbond substituents is 1. The quantitative estimate of drug-likeness (QED) is 0.158. The van der Waals surface area contributed by atoms with Gasteiger partial charge in [0.05, 0.1) is 38.3 Å². The third-order valence-corrected chi connectivity index (χ3v) is 8.27. The zero-order chi connectivity index (χ0) is 32.1. The van der Waals surface area contributed by atoms with Crippen molar-refractivity contribution in [2.24, 2.45) is 0 Å². The fraction of sp³-hybridized carbons (Fsp3) is 0.452. The summed E-state index contributed by atoms with van der Waals surface area (Å²) in [5.41, 5.74) is 1.43. The minimum atomic E-state index is -1.77. The molecule has 0 aliphatic carbocycles. The smallest absolute Gasteiger partial charge is 0.315 e. The van der Waals surface area contributed by atoms with E-state index in [1.165, 1.54) is 17.0 Å². The maximum absolute atomic E-state index is 13.7. The number of benzene rings is 2. The first-order chi connectivity index (χ1) is 20.9. The number of ether oxygens (including phenoxy) is 2. The third-order valence-electron chi connectivity index (χ3n) is 7.94. The fourth-order valence-electron chi connectivity index (χ4n) is 5.96. The van der Waals surface area contributed by atoms with Gasteiger partial charge in [-0.1, -0.05) is 34.1 Å². The fourth-order valence-corrected chi connectivity index (χ4v) is 6.19. The number of carbonyl (C=O) groups excluding carboxylic acids is 3. The molecule has 0 amide bonds. The van der Waals surface area contributed by atoms with Gasteiger partial charge in [-0.05, 0) is 49.8 Å². The summed E-state index contributed by atoms with van der Waals surface area (Å²) in [6.07, 6.45) is 3.81. The lowest BCUT2D eigenvalue weighted by Gasteiger charge is -2.47. The lowest BCUT2D eigenvalue weighted by Crippen LogP contribution is -2.60. The number of anilines is 1. The Morgan fingerprint density at radius 2 is 1.61 bits per heavy atom. The largest absolute Gasteiger partial charge is 0.508 e. The van der Waals surface area contributed by atoms with Crippen molar-refractivity contribution in [2.45, 2.75) is 31.5 Å². The highest BCUT2D eigenvalue weighted by Gasteiger charge is 2.58. The van der Waals surface area contributed by atoms with E-state index in [1.807, 2.05) is 36.4 Å². The number of carbonyl (C=O) groups is 3. The van der Waals surface area contributed by atoms with Gasteiger partial charge in [0.1, 0.15) is 11.5 Å². The minimum Gasteiger partial charge on any atom is -0.508 e. The number of para-hydroxylation sites is 1. The molecule has 0 bridgehead atoms. The van der Waals surface area contributed by atoms with Gasteiger partial charge in [0.2, 0.25) is 5.72 Å². The van der Waals surface area contributed by atoms with E-state index in [2.05, 4.69) is 34.7 Å². The molecule has 4 rings (SSSR count). The van der Waals surface area contributed by atoms with Crippen LogP contribution in [0.5, 0.6) is 11.5 Å². The van der Waals surface area contributed by atoms with Gasteiger partial charge in [-0.2, -0.15) is 13.2 Å². The van der Waals surface area contributed by atoms with Gasteiger partial charge < -0.3 is 19.5 Å². The van der Waals surface area contributed by atoms with Crippen LogP contribution in [0.1, 0.15) is 30.5 Å². The second kappa shape index (κ2) is 14.2. The molecule has 238 valence electrons. The molecule has 2 heterocycles. The maximum Gasteiger partial charge on any atom is 0.315 e. The van der Waals surface area contributed by atoms with E-state index in [4.69, 9.17) is 9.47 Å². The average Bonchev–Trinajstić information content (AvgIpc) is 3.11. The molecule has 0 saturated heterocycles. The molecule has 0 fully saturated rings. The van der Waals surface area contributed by atoms with Crippen molar-refractivity contribution in [3.63, 3.8) is 0 Å². The molecular formula is C31H35BrF3N3O6. The first-order valence-electron chi connectivity index (χ1n) is 14.1. The SMILES string of the molecule is CC1(C)c2ccccc2N(CCOCCBr)C12C=Cc1cc(O)cc(CN(CCN(CC(=O)F)CC(=O)F)CC(=O)F)c1O2. The van der Waals surface area contributed by atoms with Gasteiger partial charge in [-0.25, -0.2) is 0 Å². The Balaban J connectivity index is 1.68. The summed E-state index contributed by atoms with van der Waals surface area (Å²) in [7, 11) is 0. The molecule has 2 aliphatic rings. The molecule has 2 aromatic carbocycles. The van der Waals surface area contributed by atoms with Gasteiger partial charge in [-0.15, -0.1) is 0 Å². The second-order valence-electron chi connectivity index (χ2n) is 11.2. The van der Waals surface area contributed by atoms with Crippen molar-refractivity contribution in [3.05, 3.63) is 59.2 Å². The van der Waals surface area contributed by atoms with Crippen LogP contribution in [0.25, 0.3) is 6.08 Å². The Morgan fingerprint density at radius 1 is 0.977 bits per heavy atom. The predicted molar refractivity (Wildman–Crippen MR) is 162 cm³/mol. The van der Waals surface area contributed by atoms with E-state index in [9.17, 15) is 32.7 Å². The van der Waals surface area contributed by atoms with E-state index >= 15 is 0 Å². The van der Waals surface area contributed by atoms with E-state index < -0.39 is 48.9 Å². The van der Waals surface area contributed by atoms with Gasteiger partial charge in [0, 0.05) is 48.3 Å². The van der Waals surface area contributed by atoms with Crippen LogP contribution < -0.4 is 9.64 Å². The van der Waals surface area contributed by atoms with E-state index in [0.29, 0.717) is 42.0 Å². The van der Waals surface area contributed by atoms with Gasteiger partial charge >= 0.3 is 18.1 Å². The number of phenols is 1. The number of alkyl halides is 1. The second-order valence-corrected chi connectivity index (χ2v) is 12.0. The Labute approximate surface area is 262 Å². The zero-order valence-electron chi connectivity index (χ0n) is 24.5. The molecule has 2 aromatic rings. The Kier molecular flexibility index (Phi) is 10.9. The third kappa shape index (κ3) is 7.33. The van der Waals surface area contributed by atoms with Crippen LogP contribution in [0.2, 0.25) is 0 Å². The molecule has 1 spiro atoms. The van der Waals surface area contributed by atoms with Crippen LogP contribution in [-0.4, -0.2) is 96.6 Å². The monoisotopic (exact) mass is 681 g/mol. The van der Waals surface area contributed by atoms with Crippen molar-refractivity contribution in [1.82, 2.24) is 9.80 Å². The van der Waals surface area contributed by atoms with E-state index in [0.717, 1.165) is 16.2 Å². The van der Waals surface area contributed by atoms with E-state index in [-0.39, 0.29) is 25.4 Å². The minimum absolute atomic E-state index is 0.0869. The lowest BCUT2D eigenvalue weighted by atomic mass is 9.76.